The summed E-state index contributed by atoms with van der Waals surface area (Å²) in [5, 5.41) is 2.58. The fourth-order valence-electron chi connectivity index (χ4n) is 2.75. The highest BCUT2D eigenvalue weighted by atomic mass is 32.5. The van der Waals surface area contributed by atoms with Crippen LogP contribution in [0.15, 0.2) is 40.0 Å². The number of rotatable bonds is 6. The van der Waals surface area contributed by atoms with E-state index in [9.17, 15) is 29.0 Å². The van der Waals surface area contributed by atoms with Crippen LogP contribution in [0.1, 0.15) is 60.0 Å². The molecular weight excluding hydrogens is 405 g/mol. The molecule has 3 rings (SSSR count). The van der Waals surface area contributed by atoms with E-state index >= 15 is 0 Å². The molecule has 1 heterocycles. The number of hydrogen-bond donors (Lipinski definition) is 2. The third kappa shape index (κ3) is 4.70. The van der Waals surface area contributed by atoms with E-state index in [0.29, 0.717) is 24.4 Å². The van der Waals surface area contributed by atoms with Gasteiger partial charge in [-0.05, 0) is 37.0 Å². The zero-order valence-electron chi connectivity index (χ0n) is 14.7. The molecule has 1 fully saturated rings. The molecule has 1 aliphatic rings. The SMILES string of the molecule is CC[C@@H](NC(=O)c1cc(=O)[nH]c(C2CC2)n1)c1ccc(S(F)(F)(F)(F)F)cc1. The van der Waals surface area contributed by atoms with Gasteiger partial charge in [0.15, 0.2) is 0 Å². The van der Waals surface area contributed by atoms with E-state index in [2.05, 4.69) is 15.3 Å². The summed E-state index contributed by atoms with van der Waals surface area (Å²) < 4.78 is 64.1. The van der Waals surface area contributed by atoms with E-state index < -0.39 is 32.6 Å². The van der Waals surface area contributed by atoms with E-state index in [-0.39, 0.29) is 17.2 Å². The largest absolute Gasteiger partial charge is 0.344 e. The average Bonchev–Trinajstić information content (AvgIpc) is 3.42. The van der Waals surface area contributed by atoms with Crippen LogP contribution in [-0.4, -0.2) is 15.9 Å². The second-order valence-corrected chi connectivity index (χ2v) is 9.17. The first kappa shape index (κ1) is 20.3. The predicted octanol–water partition coefficient (Wildman–Crippen LogP) is 5.19. The van der Waals surface area contributed by atoms with Gasteiger partial charge in [0.05, 0.1) is 6.04 Å². The van der Waals surface area contributed by atoms with Gasteiger partial charge in [-0.3, -0.25) is 9.59 Å². The molecule has 0 aliphatic heterocycles. The number of H-pyrrole nitrogens is 1. The predicted molar refractivity (Wildman–Crippen MR) is 95.2 cm³/mol. The molecule has 0 radical (unpaired) electrons. The maximum Gasteiger partial charge on any atom is 0.310 e. The van der Waals surface area contributed by atoms with Crippen LogP contribution in [0.2, 0.25) is 0 Å². The molecule has 11 heteroatoms. The van der Waals surface area contributed by atoms with Gasteiger partial charge in [0.2, 0.25) is 0 Å². The molecule has 1 amide bonds. The lowest BCUT2D eigenvalue weighted by Crippen LogP contribution is -2.30. The minimum absolute atomic E-state index is 0.104. The standard InChI is InChI=1S/C17H18F5N3O2S/c1-2-13(10-5-7-12(8-6-10)28(18,19,20,21)22)24-17(27)14-9-15(26)25-16(23-14)11-3-4-11/h5-9,11,13H,2-4H2,1H3,(H,24,27)(H,23,25,26)/t13-/m1/s1. The summed E-state index contributed by atoms with van der Waals surface area (Å²) in [6.45, 7) is 1.67. The van der Waals surface area contributed by atoms with Crippen molar-refractivity contribution in [3.05, 3.63) is 57.8 Å². The first-order valence-corrected chi connectivity index (χ1v) is 10.5. The molecule has 5 nitrogen and oxygen atoms in total. The summed E-state index contributed by atoms with van der Waals surface area (Å²) in [5.41, 5.74) is -0.350. The molecule has 2 N–H and O–H groups in total. The maximum absolute atomic E-state index is 12.8. The summed E-state index contributed by atoms with van der Waals surface area (Å²) in [4.78, 5) is 28.9. The van der Waals surface area contributed by atoms with Crippen molar-refractivity contribution in [2.75, 3.05) is 0 Å². The molecule has 0 bridgehead atoms. The monoisotopic (exact) mass is 423 g/mol. The highest BCUT2D eigenvalue weighted by Gasteiger charge is 2.65. The Morgan fingerprint density at radius 1 is 1.21 bits per heavy atom. The van der Waals surface area contributed by atoms with E-state index in [1.165, 1.54) is 0 Å². The normalized spacial score (nSPS) is 18.1. The molecule has 1 saturated carbocycles. The Hall–Kier alpha value is -2.43. The minimum Gasteiger partial charge on any atom is -0.344 e. The zero-order valence-corrected chi connectivity index (χ0v) is 15.5. The van der Waals surface area contributed by atoms with Crippen molar-refractivity contribution in [3.8, 4) is 0 Å². The first-order valence-electron chi connectivity index (χ1n) is 8.53. The molecule has 1 aromatic heterocycles. The van der Waals surface area contributed by atoms with Crippen molar-refractivity contribution in [2.45, 2.75) is 43.0 Å². The van der Waals surface area contributed by atoms with Crippen molar-refractivity contribution in [1.29, 1.82) is 0 Å². The van der Waals surface area contributed by atoms with Crippen molar-refractivity contribution in [2.24, 2.45) is 0 Å². The number of aromatic nitrogens is 2. The van der Waals surface area contributed by atoms with Crippen LogP contribution in [0.4, 0.5) is 19.4 Å². The third-order valence-corrected chi connectivity index (χ3v) is 5.56. The number of benzene rings is 1. The average molecular weight is 423 g/mol. The van der Waals surface area contributed by atoms with E-state index in [1.54, 1.807) is 6.92 Å². The fraction of sp³-hybridized carbons (Fsp3) is 0.353. The molecular formula is C17H18F5N3O2S. The molecule has 1 atom stereocenters. The number of halogens is 5. The van der Waals surface area contributed by atoms with E-state index in [0.717, 1.165) is 31.0 Å². The molecule has 1 aliphatic carbocycles. The van der Waals surface area contributed by atoms with Gasteiger partial charge in [-0.2, -0.15) is 0 Å². The smallest absolute Gasteiger partial charge is 0.310 e. The number of hydrogen-bond acceptors (Lipinski definition) is 3. The number of aromatic amines is 1. The number of nitrogens with zero attached hydrogens (tertiary/aromatic N) is 1. The zero-order chi connectivity index (χ0) is 20.8. The number of nitrogens with one attached hydrogen (secondary N) is 2. The summed E-state index contributed by atoms with van der Waals surface area (Å²) in [7, 11) is -9.75. The Labute approximate surface area is 157 Å². The molecule has 28 heavy (non-hydrogen) atoms. The molecule has 0 spiro atoms. The topological polar surface area (TPSA) is 74.8 Å². The van der Waals surface area contributed by atoms with Gasteiger partial charge in [-0.25, -0.2) is 4.98 Å². The molecule has 154 valence electrons. The second kappa shape index (κ2) is 6.03. The van der Waals surface area contributed by atoms with Gasteiger partial charge in [0.1, 0.15) is 16.4 Å². The lowest BCUT2D eigenvalue weighted by atomic mass is 10.0. The van der Waals surface area contributed by atoms with Crippen molar-refractivity contribution in [3.63, 3.8) is 0 Å². The molecule has 1 aromatic carbocycles. The van der Waals surface area contributed by atoms with Crippen LogP contribution in [0.3, 0.4) is 0 Å². The van der Waals surface area contributed by atoms with Crippen molar-refractivity contribution >= 4 is 16.1 Å². The van der Waals surface area contributed by atoms with Gasteiger partial charge < -0.3 is 10.3 Å². The summed E-state index contributed by atoms with van der Waals surface area (Å²) in [6, 6.07) is 2.73. The Morgan fingerprint density at radius 2 is 1.82 bits per heavy atom. The number of amides is 1. The minimum atomic E-state index is -9.75. The first-order chi connectivity index (χ1) is 12.8. The third-order valence-electron chi connectivity index (χ3n) is 4.40. The van der Waals surface area contributed by atoms with Crippen LogP contribution in [0.5, 0.6) is 0 Å². The van der Waals surface area contributed by atoms with Crippen LogP contribution in [-0.2, 0) is 0 Å². The van der Waals surface area contributed by atoms with E-state index in [1.807, 2.05) is 0 Å². The summed E-state index contributed by atoms with van der Waals surface area (Å²) >= 11 is 0. The van der Waals surface area contributed by atoms with Gasteiger partial charge in [-0.15, -0.1) is 0 Å². The lowest BCUT2D eigenvalue weighted by molar-refractivity contribution is 0.0929. The van der Waals surface area contributed by atoms with Crippen LogP contribution in [0.25, 0.3) is 0 Å². The van der Waals surface area contributed by atoms with Crippen LogP contribution < -0.4 is 10.9 Å². The summed E-state index contributed by atoms with van der Waals surface area (Å²) in [6.07, 6.45) is 2.02. The van der Waals surface area contributed by atoms with E-state index in [4.69, 9.17) is 0 Å². The lowest BCUT2D eigenvalue weighted by Gasteiger charge is -2.40. The van der Waals surface area contributed by atoms with Gasteiger partial charge in [-0.1, -0.05) is 38.5 Å². The van der Waals surface area contributed by atoms with Crippen molar-refractivity contribution < 1.29 is 24.2 Å². The molecule has 0 unspecified atom stereocenters. The Morgan fingerprint density at radius 3 is 2.32 bits per heavy atom. The van der Waals surface area contributed by atoms with Gasteiger partial charge >= 0.3 is 10.2 Å². The highest BCUT2D eigenvalue weighted by Crippen LogP contribution is 3.02. The number of carbonyl (C=O) groups is 1. The Kier molecular flexibility index (Phi) is 4.37. The number of carbonyl (C=O) groups excluding carboxylic acids is 1. The van der Waals surface area contributed by atoms with Gasteiger partial charge in [0, 0.05) is 12.0 Å². The Bertz CT molecular complexity index is 970. The van der Waals surface area contributed by atoms with Crippen molar-refractivity contribution in [1.82, 2.24) is 15.3 Å². The fourth-order valence-corrected chi connectivity index (χ4v) is 3.40. The molecule has 0 saturated heterocycles. The highest BCUT2D eigenvalue weighted by molar-refractivity contribution is 8.45. The quantitative estimate of drug-likeness (QED) is 0.629. The second-order valence-electron chi connectivity index (χ2n) is 6.76. The Balaban J connectivity index is 1.81. The maximum atomic E-state index is 12.8. The van der Waals surface area contributed by atoms with Crippen LogP contribution >= 0.6 is 10.2 Å². The van der Waals surface area contributed by atoms with Gasteiger partial charge in [0.25, 0.3) is 11.5 Å². The molecule has 2 aromatic rings. The van der Waals surface area contributed by atoms with Crippen LogP contribution in [0, 0.1) is 0 Å². The summed E-state index contributed by atoms with van der Waals surface area (Å²) in [5.74, 6) is -0.135.